The summed E-state index contributed by atoms with van der Waals surface area (Å²) in [5, 5.41) is 0. The van der Waals surface area contributed by atoms with E-state index in [4.69, 9.17) is 17.0 Å². The van der Waals surface area contributed by atoms with Crippen molar-refractivity contribution in [3.63, 3.8) is 0 Å². The van der Waals surface area contributed by atoms with Crippen molar-refractivity contribution < 1.29 is 15.6 Å². The molecule has 0 saturated carbocycles. The molecule has 0 atom stereocenters. The molecule has 4 aromatic carbocycles. The summed E-state index contributed by atoms with van der Waals surface area (Å²) in [5.74, 6) is -1.51. The van der Waals surface area contributed by atoms with E-state index in [2.05, 4.69) is 98.8 Å². The number of hydrogen-bond acceptors (Lipinski definition) is 0. The van der Waals surface area contributed by atoms with Crippen LogP contribution < -0.4 is 6.54 Å². The maximum atomic E-state index is 8.30. The van der Waals surface area contributed by atoms with Gasteiger partial charge < -0.3 is 0 Å². The molecule has 6 rings (SSSR count). The predicted molar refractivity (Wildman–Crippen MR) is 148 cm³/mol. The second kappa shape index (κ2) is 8.31. The zero-order valence-electron chi connectivity index (χ0n) is 19.7. The number of rotatable bonds is 5. The second-order valence-electron chi connectivity index (χ2n) is 9.93. The third-order valence-corrected chi connectivity index (χ3v) is 55.0. The van der Waals surface area contributed by atoms with Gasteiger partial charge in [-0.05, 0) is 0 Å². The van der Waals surface area contributed by atoms with Crippen molar-refractivity contribution in [2.45, 2.75) is 38.8 Å². The van der Waals surface area contributed by atoms with Gasteiger partial charge in [-0.3, -0.25) is 0 Å². The van der Waals surface area contributed by atoms with Crippen molar-refractivity contribution in [1.82, 2.24) is 0 Å². The topological polar surface area (TPSA) is 0 Å². The number of fused-ring (bicyclic) bond motifs is 6. The van der Waals surface area contributed by atoms with E-state index in [0.29, 0.717) is 0 Å². The van der Waals surface area contributed by atoms with Gasteiger partial charge in [-0.1, -0.05) is 0 Å². The Morgan fingerprint density at radius 3 is 1.44 bits per heavy atom. The maximum absolute atomic E-state index is 8.30. The van der Waals surface area contributed by atoms with Crippen LogP contribution in [0.3, 0.4) is 0 Å². The first-order chi connectivity index (χ1) is 16.5. The van der Waals surface area contributed by atoms with Crippen LogP contribution in [-0.2, 0) is 28.4 Å². The molecule has 0 fully saturated rings. The van der Waals surface area contributed by atoms with Gasteiger partial charge in [-0.2, -0.15) is 0 Å². The van der Waals surface area contributed by atoms with Crippen LogP contribution in [-0.4, -0.2) is 5.92 Å². The van der Waals surface area contributed by atoms with Gasteiger partial charge in [0.05, 0.1) is 0 Å². The molecule has 4 aromatic rings. The van der Waals surface area contributed by atoms with Gasteiger partial charge in [0.1, 0.15) is 0 Å². The summed E-state index contributed by atoms with van der Waals surface area (Å²) in [5.41, 5.74) is 11.0. The van der Waals surface area contributed by atoms with E-state index >= 15 is 0 Å². The first kappa shape index (κ1) is 23.0. The van der Waals surface area contributed by atoms with Crippen LogP contribution in [0.15, 0.2) is 84.9 Å². The Morgan fingerprint density at radius 1 is 0.588 bits per heavy atom. The molecular formula is C30H29Cl2SiZr. The molecule has 171 valence electrons. The Balaban J connectivity index is 1.65. The summed E-state index contributed by atoms with van der Waals surface area (Å²) < 4.78 is 2.64. The third kappa shape index (κ3) is 3.12. The van der Waals surface area contributed by atoms with Crippen LogP contribution >= 0.6 is 17.0 Å². The molecule has 0 bridgehead atoms. The van der Waals surface area contributed by atoms with Crippen molar-refractivity contribution in [2.75, 3.05) is 0 Å². The molecule has 0 aliphatic heterocycles. The monoisotopic (exact) mass is 577 g/mol. The molecule has 0 saturated heterocycles. The van der Waals surface area contributed by atoms with Gasteiger partial charge in [-0.15, -0.1) is 0 Å². The number of hydrogen-bond donors (Lipinski definition) is 0. The van der Waals surface area contributed by atoms with Gasteiger partial charge in [0.15, 0.2) is 0 Å². The van der Waals surface area contributed by atoms with Crippen LogP contribution in [0.1, 0.15) is 36.1 Å². The van der Waals surface area contributed by atoms with Crippen LogP contribution in [0.4, 0.5) is 0 Å². The Morgan fingerprint density at radius 2 is 1.00 bits per heavy atom. The number of halogens is 2. The Bertz CT molecular complexity index is 1340. The summed E-state index contributed by atoms with van der Waals surface area (Å²) >= 11 is -4.68. The standard InChI is InChI=1S/2C13H9.C4H11Si.2ClH.Zr/c2*1-3-7-12-10(5-1)9-11-6-2-4-8-13(11)12;1-3-5-4-2;;;/h2*1-5,7-8H,9H2;5H,3-4H2,1-2H3;2*1H;/q;;;;;+2/p-2. The first-order valence-corrected chi connectivity index (χ1v) is 27.7. The van der Waals surface area contributed by atoms with E-state index < -0.39 is 21.5 Å². The van der Waals surface area contributed by atoms with Crippen molar-refractivity contribution in [1.29, 1.82) is 0 Å². The van der Waals surface area contributed by atoms with Gasteiger partial charge in [0, 0.05) is 0 Å². The molecule has 2 aliphatic rings. The molecule has 0 nitrogen and oxygen atoms in total. The zero-order chi connectivity index (χ0) is 23.5. The summed E-state index contributed by atoms with van der Waals surface area (Å²) in [7, 11) is 16.6. The molecule has 4 heteroatoms. The van der Waals surface area contributed by atoms with Gasteiger partial charge in [0.25, 0.3) is 0 Å². The SMILES string of the molecule is CC[SiH](CC)[Zr]([Cl])([Cl])([c]1cccc2c1Cc1ccccc1-2)[c]1cccc2c1Cc1ccccc1-2. The number of benzene rings is 4. The van der Waals surface area contributed by atoms with Gasteiger partial charge in [0.2, 0.25) is 0 Å². The fourth-order valence-electron chi connectivity index (χ4n) is 6.76. The quantitative estimate of drug-likeness (QED) is 0.185. The first-order valence-electron chi connectivity index (χ1n) is 12.5. The van der Waals surface area contributed by atoms with Gasteiger partial charge >= 0.3 is 213 Å². The molecule has 0 unspecified atom stereocenters. The van der Waals surface area contributed by atoms with Crippen LogP contribution in [0, 0.1) is 0 Å². The molecule has 2 aliphatic carbocycles. The predicted octanol–water partition coefficient (Wildman–Crippen LogP) is 7.54. The second-order valence-corrected chi connectivity index (χ2v) is 48.5. The molecule has 0 radical (unpaired) electrons. The van der Waals surface area contributed by atoms with E-state index in [1.165, 1.54) is 51.1 Å². The zero-order valence-corrected chi connectivity index (χ0v) is 24.9. The molecule has 0 amide bonds. The van der Waals surface area contributed by atoms with E-state index in [-0.39, 0.29) is 0 Å². The minimum atomic E-state index is -4.68. The molecule has 0 aromatic heterocycles. The van der Waals surface area contributed by atoms with E-state index in [9.17, 15) is 0 Å². The van der Waals surface area contributed by atoms with Crippen LogP contribution in [0.2, 0.25) is 12.1 Å². The summed E-state index contributed by atoms with van der Waals surface area (Å²) in [6.07, 6.45) is 1.88. The Labute approximate surface area is 211 Å². The van der Waals surface area contributed by atoms with Crippen LogP contribution in [0.25, 0.3) is 22.3 Å². The van der Waals surface area contributed by atoms with Crippen LogP contribution in [0.5, 0.6) is 0 Å². The Hall–Kier alpha value is -1.44. The fraction of sp³-hybridized carbons (Fsp3) is 0.200. The molecule has 0 heterocycles. The molecule has 34 heavy (non-hydrogen) atoms. The Kier molecular flexibility index (Phi) is 5.62. The summed E-state index contributed by atoms with van der Waals surface area (Å²) in [6, 6.07) is 33.4. The molecule has 0 N–H and O–H groups in total. The third-order valence-electron chi connectivity index (χ3n) is 8.39. The van der Waals surface area contributed by atoms with Crippen molar-refractivity contribution in [3.05, 3.63) is 107 Å². The normalized spacial score (nSPS) is 14.8. The van der Waals surface area contributed by atoms with Gasteiger partial charge in [-0.25, -0.2) is 0 Å². The van der Waals surface area contributed by atoms with E-state index in [0.717, 1.165) is 24.9 Å². The van der Waals surface area contributed by atoms with Crippen molar-refractivity contribution in [2.24, 2.45) is 0 Å². The van der Waals surface area contributed by atoms with E-state index in [1.54, 1.807) is 0 Å². The van der Waals surface area contributed by atoms with Crippen molar-refractivity contribution >= 4 is 29.5 Å². The fourth-order valence-corrected chi connectivity index (χ4v) is 51.6. The van der Waals surface area contributed by atoms with Crippen molar-refractivity contribution in [3.8, 4) is 22.3 Å². The molecule has 0 spiro atoms. The van der Waals surface area contributed by atoms with E-state index in [1.807, 2.05) is 0 Å². The summed E-state index contributed by atoms with van der Waals surface area (Å²) in [6.45, 7) is 4.66. The summed E-state index contributed by atoms with van der Waals surface area (Å²) in [4.78, 5) is 0. The minimum absolute atomic E-state index is 0.939. The average molecular weight is 580 g/mol. The molecular weight excluding hydrogens is 551 g/mol. The average Bonchev–Trinajstić information content (AvgIpc) is 3.43.